The summed E-state index contributed by atoms with van der Waals surface area (Å²) in [6.07, 6.45) is 2.86. The average molecular weight is 381 g/mol. The molecule has 2 heterocycles. The van der Waals surface area contributed by atoms with E-state index in [2.05, 4.69) is 10.3 Å². The minimum atomic E-state index is -0.798. The largest absolute Gasteiger partial charge is 0.481 e. The van der Waals surface area contributed by atoms with Crippen molar-refractivity contribution < 1.29 is 19.5 Å². The lowest BCUT2D eigenvalue weighted by atomic mass is 9.96. The van der Waals surface area contributed by atoms with Crippen molar-refractivity contribution in [3.63, 3.8) is 0 Å². The molecule has 1 aromatic heterocycles. The molecule has 0 atom stereocenters. The number of nitrogens with zero attached hydrogens (tertiary/aromatic N) is 2. The number of aromatic nitrogens is 1. The molecule has 1 aromatic carbocycles. The van der Waals surface area contributed by atoms with Crippen LogP contribution in [0.15, 0.2) is 42.6 Å². The summed E-state index contributed by atoms with van der Waals surface area (Å²) < 4.78 is 0. The van der Waals surface area contributed by atoms with Gasteiger partial charge in [-0.25, -0.2) is 0 Å². The van der Waals surface area contributed by atoms with Crippen molar-refractivity contribution in [2.24, 2.45) is 5.92 Å². The van der Waals surface area contributed by atoms with Crippen molar-refractivity contribution in [1.82, 2.24) is 9.88 Å². The number of benzene rings is 1. The zero-order valence-corrected chi connectivity index (χ0v) is 15.7. The minimum Gasteiger partial charge on any atom is -0.481 e. The van der Waals surface area contributed by atoms with Crippen LogP contribution in [0.4, 0.5) is 5.69 Å². The average Bonchev–Trinajstić information content (AvgIpc) is 2.70. The Bertz CT molecular complexity index is 854. The van der Waals surface area contributed by atoms with Crippen LogP contribution in [0.25, 0.3) is 0 Å². The second-order valence-corrected chi connectivity index (χ2v) is 7.01. The Morgan fingerprint density at radius 2 is 1.79 bits per heavy atom. The van der Waals surface area contributed by atoms with E-state index in [0.29, 0.717) is 37.2 Å². The number of carbonyl (C=O) groups excluding carboxylic acids is 2. The van der Waals surface area contributed by atoms with Gasteiger partial charge in [0.2, 0.25) is 5.91 Å². The number of piperidine rings is 1. The maximum atomic E-state index is 12.6. The van der Waals surface area contributed by atoms with Crippen LogP contribution in [-0.2, 0) is 16.0 Å². The lowest BCUT2D eigenvalue weighted by molar-refractivity contribution is -0.143. The van der Waals surface area contributed by atoms with E-state index in [4.69, 9.17) is 5.11 Å². The Labute approximate surface area is 163 Å². The fourth-order valence-electron chi connectivity index (χ4n) is 3.20. The monoisotopic (exact) mass is 381 g/mol. The van der Waals surface area contributed by atoms with E-state index < -0.39 is 5.97 Å². The molecule has 2 N–H and O–H groups in total. The molecule has 1 fully saturated rings. The first-order valence-electron chi connectivity index (χ1n) is 9.26. The molecule has 2 aromatic rings. The van der Waals surface area contributed by atoms with Gasteiger partial charge in [0.05, 0.1) is 12.3 Å². The molecule has 1 aliphatic rings. The Hall–Kier alpha value is -3.22. The van der Waals surface area contributed by atoms with E-state index in [0.717, 1.165) is 11.3 Å². The van der Waals surface area contributed by atoms with Gasteiger partial charge in [0.1, 0.15) is 0 Å². The summed E-state index contributed by atoms with van der Waals surface area (Å²) in [5.41, 5.74) is 2.87. The number of hydrogen-bond acceptors (Lipinski definition) is 4. The molecule has 7 heteroatoms. The van der Waals surface area contributed by atoms with Crippen molar-refractivity contribution in [3.05, 3.63) is 59.4 Å². The number of amides is 2. The molecule has 0 unspecified atom stereocenters. The highest BCUT2D eigenvalue weighted by atomic mass is 16.4. The lowest BCUT2D eigenvalue weighted by Gasteiger charge is -2.30. The van der Waals surface area contributed by atoms with Gasteiger partial charge in [0.25, 0.3) is 5.91 Å². The van der Waals surface area contributed by atoms with Crippen molar-refractivity contribution in [1.29, 1.82) is 0 Å². The smallest absolute Gasteiger partial charge is 0.306 e. The number of hydrogen-bond donors (Lipinski definition) is 2. The molecule has 28 heavy (non-hydrogen) atoms. The van der Waals surface area contributed by atoms with Crippen LogP contribution in [-0.4, -0.2) is 45.9 Å². The SMILES string of the molecule is Cc1ccc(CC(=O)Nc2ccc(C(=O)N3CCC(C(=O)O)CC3)cc2)cn1. The number of likely N-dealkylation sites (tertiary alicyclic amines) is 1. The lowest BCUT2D eigenvalue weighted by Crippen LogP contribution is -2.40. The van der Waals surface area contributed by atoms with Crippen molar-refractivity contribution in [3.8, 4) is 0 Å². The molecular formula is C21H23N3O4. The molecule has 3 rings (SSSR count). The highest BCUT2D eigenvalue weighted by molar-refractivity contribution is 5.96. The van der Waals surface area contributed by atoms with E-state index in [1.165, 1.54) is 0 Å². The maximum Gasteiger partial charge on any atom is 0.306 e. The van der Waals surface area contributed by atoms with Crippen LogP contribution < -0.4 is 5.32 Å². The van der Waals surface area contributed by atoms with Crippen LogP contribution in [0.1, 0.15) is 34.5 Å². The molecule has 0 spiro atoms. The maximum absolute atomic E-state index is 12.6. The first-order valence-corrected chi connectivity index (χ1v) is 9.26. The van der Waals surface area contributed by atoms with Gasteiger partial charge in [-0.05, 0) is 55.7 Å². The Balaban J connectivity index is 1.54. The van der Waals surface area contributed by atoms with Crippen LogP contribution in [0, 0.1) is 12.8 Å². The third kappa shape index (κ3) is 4.94. The number of anilines is 1. The normalized spacial score (nSPS) is 14.5. The number of aryl methyl sites for hydroxylation is 1. The number of carboxylic acids is 1. The van der Waals surface area contributed by atoms with Crippen molar-refractivity contribution >= 4 is 23.5 Å². The summed E-state index contributed by atoms with van der Waals surface area (Å²) in [5.74, 6) is -1.44. The van der Waals surface area contributed by atoms with Crippen LogP contribution >= 0.6 is 0 Å². The first-order chi connectivity index (χ1) is 13.4. The topological polar surface area (TPSA) is 99.6 Å². The highest BCUT2D eigenvalue weighted by Crippen LogP contribution is 2.20. The number of aliphatic carboxylic acids is 1. The fourth-order valence-corrected chi connectivity index (χ4v) is 3.20. The Morgan fingerprint density at radius 3 is 2.36 bits per heavy atom. The van der Waals surface area contributed by atoms with Gasteiger partial charge in [0.15, 0.2) is 0 Å². The number of rotatable bonds is 5. The van der Waals surface area contributed by atoms with Crippen LogP contribution in [0.3, 0.4) is 0 Å². The number of carbonyl (C=O) groups is 3. The highest BCUT2D eigenvalue weighted by Gasteiger charge is 2.27. The number of pyridine rings is 1. The zero-order chi connectivity index (χ0) is 20.1. The summed E-state index contributed by atoms with van der Waals surface area (Å²) in [6, 6.07) is 10.5. The van der Waals surface area contributed by atoms with Crippen LogP contribution in [0.5, 0.6) is 0 Å². The summed E-state index contributed by atoms with van der Waals surface area (Å²) in [7, 11) is 0. The summed E-state index contributed by atoms with van der Waals surface area (Å²) in [6.45, 7) is 2.78. The molecule has 7 nitrogen and oxygen atoms in total. The van der Waals surface area contributed by atoms with Crippen LogP contribution in [0.2, 0.25) is 0 Å². The molecule has 2 amide bonds. The quantitative estimate of drug-likeness (QED) is 0.829. The molecule has 0 radical (unpaired) electrons. The molecule has 0 saturated carbocycles. The van der Waals surface area contributed by atoms with E-state index in [-0.39, 0.29) is 24.2 Å². The van der Waals surface area contributed by atoms with Gasteiger partial charge >= 0.3 is 5.97 Å². The standard InChI is InChI=1S/C21H23N3O4/c1-14-2-3-15(13-22-14)12-19(25)23-18-6-4-16(5-7-18)20(26)24-10-8-17(9-11-24)21(27)28/h2-7,13,17H,8-12H2,1H3,(H,23,25)(H,27,28). The van der Waals surface area contributed by atoms with E-state index in [1.807, 2.05) is 19.1 Å². The third-order valence-electron chi connectivity index (χ3n) is 4.88. The van der Waals surface area contributed by atoms with Gasteiger partial charge < -0.3 is 15.3 Å². The molecule has 0 bridgehead atoms. The van der Waals surface area contributed by atoms with E-state index in [9.17, 15) is 14.4 Å². The van der Waals surface area contributed by atoms with Crippen molar-refractivity contribution in [2.45, 2.75) is 26.2 Å². The Morgan fingerprint density at radius 1 is 1.11 bits per heavy atom. The summed E-state index contributed by atoms with van der Waals surface area (Å²) in [4.78, 5) is 41.6. The minimum absolute atomic E-state index is 0.118. The zero-order valence-electron chi connectivity index (χ0n) is 15.7. The first kappa shape index (κ1) is 19.5. The van der Waals surface area contributed by atoms with Gasteiger partial charge in [-0.3, -0.25) is 19.4 Å². The molecule has 1 aliphatic heterocycles. The van der Waals surface area contributed by atoms with E-state index >= 15 is 0 Å². The van der Waals surface area contributed by atoms with Gasteiger partial charge in [-0.1, -0.05) is 6.07 Å². The number of nitrogens with one attached hydrogen (secondary N) is 1. The van der Waals surface area contributed by atoms with Crippen molar-refractivity contribution in [2.75, 3.05) is 18.4 Å². The number of carboxylic acid groups (broad SMARTS) is 1. The predicted octanol–water partition coefficient (Wildman–Crippen LogP) is 2.51. The molecule has 0 aliphatic carbocycles. The third-order valence-corrected chi connectivity index (χ3v) is 4.88. The van der Waals surface area contributed by atoms with Gasteiger partial charge in [-0.15, -0.1) is 0 Å². The predicted molar refractivity (Wildman–Crippen MR) is 104 cm³/mol. The molecule has 146 valence electrons. The fraction of sp³-hybridized carbons (Fsp3) is 0.333. The van der Waals surface area contributed by atoms with Gasteiger partial charge in [-0.2, -0.15) is 0 Å². The molecule has 1 saturated heterocycles. The Kier molecular flexibility index (Phi) is 6.03. The summed E-state index contributed by atoms with van der Waals surface area (Å²) in [5, 5.41) is 11.9. The molecular weight excluding hydrogens is 358 g/mol. The second kappa shape index (κ2) is 8.65. The van der Waals surface area contributed by atoms with Gasteiger partial charge in [0, 0.05) is 36.2 Å². The second-order valence-electron chi connectivity index (χ2n) is 7.01. The van der Waals surface area contributed by atoms with E-state index in [1.54, 1.807) is 35.4 Å². The summed E-state index contributed by atoms with van der Waals surface area (Å²) >= 11 is 0.